The molecule has 0 atom stereocenters. The zero-order valence-electron chi connectivity index (χ0n) is 24.9. The van der Waals surface area contributed by atoms with Crippen LogP contribution in [-0.4, -0.2) is 11.0 Å². The van der Waals surface area contributed by atoms with E-state index in [0.717, 1.165) is 55.2 Å². The van der Waals surface area contributed by atoms with Crippen LogP contribution in [0.4, 0.5) is 35.1 Å². The Morgan fingerprint density at radius 2 is 1.38 bits per heavy atom. The van der Waals surface area contributed by atoms with Gasteiger partial charge >= 0.3 is 12.3 Å². The van der Waals surface area contributed by atoms with E-state index in [1.165, 1.54) is 25.7 Å². The summed E-state index contributed by atoms with van der Waals surface area (Å²) >= 11 is 2.01. The van der Waals surface area contributed by atoms with Gasteiger partial charge in [-0.15, -0.1) is 6.58 Å². The van der Waals surface area contributed by atoms with Crippen LogP contribution in [0.25, 0.3) is 0 Å². The minimum Gasteiger partial charge on any atom is -0.429 e. The van der Waals surface area contributed by atoms with E-state index in [-0.39, 0.29) is 24.1 Å². The van der Waals surface area contributed by atoms with Crippen LogP contribution < -0.4 is 4.74 Å². The Labute approximate surface area is 263 Å². The van der Waals surface area contributed by atoms with E-state index in [1.807, 2.05) is 23.9 Å². The molecule has 0 heterocycles. The quantitative estimate of drug-likeness (QED) is 0.166. The average molecular weight is 659 g/mol. The van der Waals surface area contributed by atoms with Crippen molar-refractivity contribution in [2.24, 2.45) is 17.8 Å². The molecule has 4 rings (SSSR count). The van der Waals surface area contributed by atoms with Gasteiger partial charge in [-0.3, -0.25) is 0 Å². The molecular formula is C35H38F8OS. The summed E-state index contributed by atoms with van der Waals surface area (Å²) in [5.41, 5.74) is -3.27. The van der Waals surface area contributed by atoms with Crippen LogP contribution in [0.2, 0.25) is 0 Å². The lowest BCUT2D eigenvalue weighted by Crippen LogP contribution is -2.25. The zero-order chi connectivity index (χ0) is 32.6. The first-order valence-electron chi connectivity index (χ1n) is 15.3. The maximum atomic E-state index is 14.6. The first-order valence-corrected chi connectivity index (χ1v) is 16.4. The van der Waals surface area contributed by atoms with Crippen molar-refractivity contribution in [2.75, 3.05) is 5.75 Å². The highest BCUT2D eigenvalue weighted by Crippen LogP contribution is 2.39. The number of hydrogen-bond acceptors (Lipinski definition) is 2. The van der Waals surface area contributed by atoms with E-state index >= 15 is 0 Å². The molecule has 246 valence electrons. The average Bonchev–Trinajstić information content (AvgIpc) is 2.97. The molecule has 2 aliphatic rings. The number of alkyl halides is 5. The summed E-state index contributed by atoms with van der Waals surface area (Å²) < 4.78 is 115. The highest BCUT2D eigenvalue weighted by Gasteiger charge is 2.42. The van der Waals surface area contributed by atoms with Crippen LogP contribution >= 0.6 is 11.8 Å². The van der Waals surface area contributed by atoms with Crippen molar-refractivity contribution in [1.29, 1.82) is 0 Å². The molecule has 2 fully saturated rings. The molecule has 0 bridgehead atoms. The van der Waals surface area contributed by atoms with Crippen LogP contribution in [0.5, 0.6) is 5.75 Å². The number of thioether (sulfide) groups is 1. The molecule has 0 radical (unpaired) electrons. The van der Waals surface area contributed by atoms with Gasteiger partial charge in [0, 0.05) is 17.1 Å². The SMILES string of the molecule is C=CCSC1CCC(/C=C/C2CCC(C/C=C\Cc3cc(F)c(C(F)(F)Oc4ccc(C(F)(F)F)c(F)c4)c(F)c3)CC2)CC1. The molecule has 2 aliphatic carbocycles. The Morgan fingerprint density at radius 3 is 1.93 bits per heavy atom. The normalized spacial score (nSPS) is 23.1. The van der Waals surface area contributed by atoms with Crippen molar-refractivity contribution < 1.29 is 39.9 Å². The van der Waals surface area contributed by atoms with Crippen molar-refractivity contribution in [2.45, 2.75) is 81.7 Å². The third-order valence-corrected chi connectivity index (χ3v) is 9.96. The van der Waals surface area contributed by atoms with Crippen LogP contribution in [-0.2, 0) is 18.7 Å². The summed E-state index contributed by atoms with van der Waals surface area (Å²) in [6, 6.07) is 2.28. The topological polar surface area (TPSA) is 9.23 Å². The van der Waals surface area contributed by atoms with Crippen molar-refractivity contribution >= 4 is 11.8 Å². The second-order valence-electron chi connectivity index (χ2n) is 11.9. The van der Waals surface area contributed by atoms with Crippen molar-refractivity contribution in [3.8, 4) is 5.75 Å². The van der Waals surface area contributed by atoms with E-state index in [9.17, 15) is 35.1 Å². The molecule has 2 aromatic carbocycles. The van der Waals surface area contributed by atoms with E-state index in [0.29, 0.717) is 23.8 Å². The molecule has 0 unspecified atom stereocenters. The Kier molecular flexibility index (Phi) is 12.2. The Balaban J connectivity index is 1.23. The van der Waals surface area contributed by atoms with Gasteiger partial charge in [0.15, 0.2) is 0 Å². The summed E-state index contributed by atoms with van der Waals surface area (Å²) in [6.07, 6.45) is 11.3. The van der Waals surface area contributed by atoms with Crippen LogP contribution in [0.1, 0.15) is 74.5 Å². The molecule has 10 heteroatoms. The first kappa shape index (κ1) is 35.1. The first-order chi connectivity index (χ1) is 21.4. The number of ether oxygens (including phenoxy) is 1. The van der Waals surface area contributed by atoms with Crippen LogP contribution in [0.15, 0.2) is 67.3 Å². The Hall–Kier alpha value is -2.75. The van der Waals surface area contributed by atoms with Gasteiger partial charge in [0.25, 0.3) is 0 Å². The summed E-state index contributed by atoms with van der Waals surface area (Å²) in [6.45, 7) is 3.80. The molecule has 2 aromatic rings. The fourth-order valence-electron chi connectivity index (χ4n) is 6.10. The van der Waals surface area contributed by atoms with E-state index < -0.39 is 46.6 Å². The number of rotatable bonds is 12. The molecule has 0 saturated heterocycles. The lowest BCUT2D eigenvalue weighted by atomic mass is 9.79. The van der Waals surface area contributed by atoms with Gasteiger partial charge in [0.1, 0.15) is 28.8 Å². The number of benzene rings is 2. The molecular weight excluding hydrogens is 620 g/mol. The lowest BCUT2D eigenvalue weighted by molar-refractivity contribution is -0.189. The second-order valence-corrected chi connectivity index (χ2v) is 13.3. The number of halogens is 8. The third kappa shape index (κ3) is 10.1. The Bertz CT molecular complexity index is 1310. The summed E-state index contributed by atoms with van der Waals surface area (Å²) in [5.74, 6) is -3.21. The van der Waals surface area contributed by atoms with E-state index in [1.54, 1.807) is 6.08 Å². The monoisotopic (exact) mass is 658 g/mol. The molecule has 0 spiro atoms. The minimum absolute atomic E-state index is 0.0897. The predicted molar refractivity (Wildman–Crippen MR) is 163 cm³/mol. The third-order valence-electron chi connectivity index (χ3n) is 8.59. The standard InChI is InChI=1S/C35H38F8OS/c1-2-19-45-28-16-13-25(14-17-28)12-11-24-9-7-23(8-10-24)5-3-4-6-26-20-31(37)33(32(38)21-26)35(42,43)44-27-15-18-29(30(36)22-27)34(39,40)41/h2-4,11-12,15,18,20-25,28H,1,5-10,13-14,16-17,19H2/b4-3-,12-11+. The number of allylic oxidation sites excluding steroid dienone is 4. The molecule has 1 nitrogen and oxygen atoms in total. The molecule has 2 saturated carbocycles. The van der Waals surface area contributed by atoms with Crippen molar-refractivity contribution in [3.05, 3.63) is 101 Å². The van der Waals surface area contributed by atoms with Gasteiger partial charge in [-0.05, 0) is 112 Å². The fraction of sp³-hybridized carbons (Fsp3) is 0.486. The van der Waals surface area contributed by atoms with Gasteiger partial charge in [0.05, 0.1) is 5.56 Å². The maximum absolute atomic E-state index is 14.6. The molecule has 0 aromatic heterocycles. The molecule has 45 heavy (non-hydrogen) atoms. The van der Waals surface area contributed by atoms with Crippen LogP contribution in [0, 0.1) is 35.2 Å². The number of hydrogen-bond donors (Lipinski definition) is 0. The van der Waals surface area contributed by atoms with Crippen molar-refractivity contribution in [1.82, 2.24) is 0 Å². The Morgan fingerprint density at radius 1 is 0.778 bits per heavy atom. The predicted octanol–water partition coefficient (Wildman–Crippen LogP) is 11.6. The van der Waals surface area contributed by atoms with Gasteiger partial charge in [-0.1, -0.05) is 30.4 Å². The molecule has 0 amide bonds. The maximum Gasteiger partial charge on any atom is 0.432 e. The van der Waals surface area contributed by atoms with Gasteiger partial charge in [-0.25, -0.2) is 13.2 Å². The largest absolute Gasteiger partial charge is 0.432 e. The second kappa shape index (κ2) is 15.7. The van der Waals surface area contributed by atoms with Crippen molar-refractivity contribution in [3.63, 3.8) is 0 Å². The van der Waals surface area contributed by atoms with Gasteiger partial charge in [0.2, 0.25) is 0 Å². The van der Waals surface area contributed by atoms with E-state index in [4.69, 9.17) is 0 Å². The zero-order valence-corrected chi connectivity index (χ0v) is 25.7. The highest BCUT2D eigenvalue weighted by molar-refractivity contribution is 8.00. The smallest absolute Gasteiger partial charge is 0.429 e. The van der Waals surface area contributed by atoms with E-state index in [2.05, 4.69) is 23.5 Å². The summed E-state index contributed by atoms with van der Waals surface area (Å²) in [5, 5.41) is 0.759. The molecule has 0 N–H and O–H groups in total. The highest BCUT2D eigenvalue weighted by atomic mass is 32.2. The summed E-state index contributed by atoms with van der Waals surface area (Å²) in [4.78, 5) is 0. The summed E-state index contributed by atoms with van der Waals surface area (Å²) in [7, 11) is 0. The molecule has 0 aliphatic heterocycles. The lowest BCUT2D eigenvalue weighted by Gasteiger charge is -2.28. The van der Waals surface area contributed by atoms with Crippen LogP contribution in [0.3, 0.4) is 0 Å². The van der Waals surface area contributed by atoms with Gasteiger partial charge in [-0.2, -0.15) is 33.7 Å². The fourth-order valence-corrected chi connectivity index (χ4v) is 7.11. The minimum atomic E-state index is -5.05. The van der Waals surface area contributed by atoms with Gasteiger partial charge < -0.3 is 4.74 Å².